The fraction of sp³-hybridized carbons (Fsp3) is 0.182. The van der Waals surface area contributed by atoms with Gasteiger partial charge in [0.05, 0.1) is 15.9 Å². The molecular weight excluding hydrogens is 234 g/mol. The SMILES string of the molecule is CCn1nccc1-c1nc(N)nc2ccsc12. The number of rotatable bonds is 2. The lowest BCUT2D eigenvalue weighted by atomic mass is 10.2. The second kappa shape index (κ2) is 3.81. The van der Waals surface area contributed by atoms with Gasteiger partial charge in [-0.15, -0.1) is 11.3 Å². The first-order valence-corrected chi connectivity index (χ1v) is 6.20. The van der Waals surface area contributed by atoms with E-state index in [2.05, 4.69) is 15.1 Å². The van der Waals surface area contributed by atoms with E-state index in [1.165, 1.54) is 0 Å². The van der Waals surface area contributed by atoms with Crippen LogP contribution in [0.5, 0.6) is 0 Å². The Morgan fingerprint density at radius 3 is 3.06 bits per heavy atom. The van der Waals surface area contributed by atoms with Crippen LogP contribution in [0.3, 0.4) is 0 Å². The van der Waals surface area contributed by atoms with Crippen molar-refractivity contribution >= 4 is 27.5 Å². The number of nitrogens with zero attached hydrogens (tertiary/aromatic N) is 4. The predicted molar refractivity (Wildman–Crippen MR) is 68.7 cm³/mol. The molecule has 0 spiro atoms. The minimum Gasteiger partial charge on any atom is -0.368 e. The second-order valence-corrected chi connectivity index (χ2v) is 4.51. The van der Waals surface area contributed by atoms with Gasteiger partial charge in [-0.2, -0.15) is 5.10 Å². The van der Waals surface area contributed by atoms with Gasteiger partial charge in [-0.05, 0) is 24.4 Å². The first-order chi connectivity index (χ1) is 8.29. The van der Waals surface area contributed by atoms with E-state index < -0.39 is 0 Å². The molecule has 0 radical (unpaired) electrons. The third kappa shape index (κ3) is 1.57. The van der Waals surface area contributed by atoms with Crippen molar-refractivity contribution in [2.45, 2.75) is 13.5 Å². The fourth-order valence-corrected chi connectivity index (χ4v) is 2.67. The summed E-state index contributed by atoms with van der Waals surface area (Å²) in [6.07, 6.45) is 1.77. The molecule has 0 saturated carbocycles. The summed E-state index contributed by atoms with van der Waals surface area (Å²) in [5.74, 6) is 0.301. The number of anilines is 1. The zero-order valence-corrected chi connectivity index (χ0v) is 10.1. The third-order valence-corrected chi connectivity index (χ3v) is 3.49. The van der Waals surface area contributed by atoms with Crippen LogP contribution in [0.4, 0.5) is 5.95 Å². The summed E-state index contributed by atoms with van der Waals surface area (Å²) in [7, 11) is 0. The molecule has 86 valence electrons. The first-order valence-electron chi connectivity index (χ1n) is 5.32. The lowest BCUT2D eigenvalue weighted by Crippen LogP contribution is -2.02. The minimum atomic E-state index is 0.301. The van der Waals surface area contributed by atoms with Crippen LogP contribution in [-0.2, 0) is 6.54 Å². The Kier molecular flexibility index (Phi) is 2.29. The Bertz CT molecular complexity index is 669. The highest BCUT2D eigenvalue weighted by molar-refractivity contribution is 7.17. The van der Waals surface area contributed by atoms with Crippen LogP contribution in [0.25, 0.3) is 21.6 Å². The highest BCUT2D eigenvalue weighted by Crippen LogP contribution is 2.30. The lowest BCUT2D eigenvalue weighted by molar-refractivity contribution is 0.666. The quantitative estimate of drug-likeness (QED) is 0.751. The van der Waals surface area contributed by atoms with Gasteiger partial charge in [0.1, 0.15) is 5.69 Å². The minimum absolute atomic E-state index is 0.301. The number of fused-ring (bicyclic) bond motifs is 1. The van der Waals surface area contributed by atoms with E-state index in [1.807, 2.05) is 29.1 Å². The molecule has 3 aromatic heterocycles. The lowest BCUT2D eigenvalue weighted by Gasteiger charge is -2.05. The average molecular weight is 245 g/mol. The maximum Gasteiger partial charge on any atom is 0.221 e. The topological polar surface area (TPSA) is 69.6 Å². The van der Waals surface area contributed by atoms with Crippen LogP contribution in [0.2, 0.25) is 0 Å². The van der Waals surface area contributed by atoms with Crippen LogP contribution in [0.1, 0.15) is 6.92 Å². The zero-order valence-electron chi connectivity index (χ0n) is 9.29. The average Bonchev–Trinajstić information content (AvgIpc) is 2.95. The molecule has 0 bridgehead atoms. The molecule has 0 aliphatic carbocycles. The van der Waals surface area contributed by atoms with Crippen LogP contribution in [0.15, 0.2) is 23.7 Å². The second-order valence-electron chi connectivity index (χ2n) is 3.60. The summed E-state index contributed by atoms with van der Waals surface area (Å²) in [5, 5.41) is 6.25. The Balaban J connectivity index is 2.32. The smallest absolute Gasteiger partial charge is 0.221 e. The highest BCUT2D eigenvalue weighted by atomic mass is 32.1. The molecular formula is C11H11N5S. The van der Waals surface area contributed by atoms with E-state index in [4.69, 9.17) is 5.73 Å². The number of aryl methyl sites for hydroxylation is 1. The van der Waals surface area contributed by atoms with Crippen LogP contribution < -0.4 is 5.73 Å². The van der Waals surface area contributed by atoms with Gasteiger partial charge in [-0.1, -0.05) is 0 Å². The van der Waals surface area contributed by atoms with Crippen molar-refractivity contribution in [3.63, 3.8) is 0 Å². The van der Waals surface area contributed by atoms with Crippen molar-refractivity contribution in [3.05, 3.63) is 23.7 Å². The van der Waals surface area contributed by atoms with Crippen molar-refractivity contribution < 1.29 is 0 Å². The molecule has 3 aromatic rings. The summed E-state index contributed by atoms with van der Waals surface area (Å²) < 4.78 is 2.95. The molecule has 2 N–H and O–H groups in total. The van der Waals surface area contributed by atoms with Crippen LogP contribution in [-0.4, -0.2) is 19.7 Å². The van der Waals surface area contributed by atoms with Gasteiger partial charge in [0.2, 0.25) is 5.95 Å². The molecule has 0 unspecified atom stereocenters. The van der Waals surface area contributed by atoms with E-state index in [-0.39, 0.29) is 0 Å². The summed E-state index contributed by atoms with van der Waals surface area (Å²) in [6.45, 7) is 2.85. The van der Waals surface area contributed by atoms with Gasteiger partial charge < -0.3 is 5.73 Å². The molecule has 0 fully saturated rings. The summed E-state index contributed by atoms with van der Waals surface area (Å²) in [4.78, 5) is 8.55. The maximum absolute atomic E-state index is 5.73. The zero-order chi connectivity index (χ0) is 11.8. The third-order valence-electron chi connectivity index (χ3n) is 2.58. The van der Waals surface area contributed by atoms with Crippen molar-refractivity contribution in [2.75, 3.05) is 5.73 Å². The van der Waals surface area contributed by atoms with E-state index >= 15 is 0 Å². The standard InChI is InChI=1S/C11H11N5S/c1-2-16-8(3-5-13-16)9-10-7(4-6-17-10)14-11(12)15-9/h3-6H,2H2,1H3,(H2,12,14,15). The van der Waals surface area contributed by atoms with E-state index in [0.717, 1.165) is 28.1 Å². The monoisotopic (exact) mass is 245 g/mol. The number of nitrogens with two attached hydrogens (primary N) is 1. The van der Waals surface area contributed by atoms with Crippen molar-refractivity contribution in [1.82, 2.24) is 19.7 Å². The van der Waals surface area contributed by atoms with Gasteiger partial charge in [0, 0.05) is 12.7 Å². The Labute approximate surface area is 102 Å². The van der Waals surface area contributed by atoms with Gasteiger partial charge in [-0.3, -0.25) is 4.68 Å². The maximum atomic E-state index is 5.73. The molecule has 3 rings (SSSR count). The van der Waals surface area contributed by atoms with Crippen LogP contribution >= 0.6 is 11.3 Å². The molecule has 0 atom stereocenters. The summed E-state index contributed by atoms with van der Waals surface area (Å²) in [6, 6.07) is 3.90. The van der Waals surface area contributed by atoms with Gasteiger partial charge in [-0.25, -0.2) is 9.97 Å². The number of hydrogen-bond acceptors (Lipinski definition) is 5. The Morgan fingerprint density at radius 2 is 2.24 bits per heavy atom. The van der Waals surface area contributed by atoms with Crippen molar-refractivity contribution in [2.24, 2.45) is 0 Å². The molecule has 0 saturated heterocycles. The molecule has 0 aliphatic rings. The normalized spacial score (nSPS) is 11.1. The molecule has 17 heavy (non-hydrogen) atoms. The number of thiophene rings is 1. The fourth-order valence-electron chi connectivity index (χ4n) is 1.84. The van der Waals surface area contributed by atoms with E-state index in [9.17, 15) is 0 Å². The summed E-state index contributed by atoms with van der Waals surface area (Å²) in [5.41, 5.74) is 8.47. The molecule has 0 aliphatic heterocycles. The van der Waals surface area contributed by atoms with Gasteiger partial charge >= 0.3 is 0 Å². The van der Waals surface area contributed by atoms with Crippen molar-refractivity contribution in [3.8, 4) is 11.4 Å². The van der Waals surface area contributed by atoms with Gasteiger partial charge in [0.25, 0.3) is 0 Å². The molecule has 5 nitrogen and oxygen atoms in total. The molecule has 0 amide bonds. The highest BCUT2D eigenvalue weighted by Gasteiger charge is 2.13. The molecule has 3 heterocycles. The molecule has 0 aromatic carbocycles. The van der Waals surface area contributed by atoms with Crippen LogP contribution in [0, 0.1) is 0 Å². The first kappa shape index (κ1) is 10.2. The van der Waals surface area contributed by atoms with E-state index in [1.54, 1.807) is 17.5 Å². The molecule has 6 heteroatoms. The van der Waals surface area contributed by atoms with Crippen molar-refractivity contribution in [1.29, 1.82) is 0 Å². The predicted octanol–water partition coefficient (Wildman–Crippen LogP) is 2.16. The number of aromatic nitrogens is 4. The Morgan fingerprint density at radius 1 is 1.35 bits per heavy atom. The van der Waals surface area contributed by atoms with E-state index in [0.29, 0.717) is 5.95 Å². The number of nitrogen functional groups attached to an aromatic ring is 1. The van der Waals surface area contributed by atoms with Gasteiger partial charge in [0.15, 0.2) is 0 Å². The largest absolute Gasteiger partial charge is 0.368 e. The number of hydrogen-bond donors (Lipinski definition) is 1. The Hall–Kier alpha value is -1.95. The summed E-state index contributed by atoms with van der Waals surface area (Å²) >= 11 is 1.62.